The highest BCUT2D eigenvalue weighted by molar-refractivity contribution is 7.91. The number of benzene rings is 2. The fraction of sp³-hybridized carbons (Fsp3) is 0.188. The third-order valence-corrected chi connectivity index (χ3v) is 5.35. The highest BCUT2D eigenvalue weighted by atomic mass is 32.2. The van der Waals surface area contributed by atoms with Gasteiger partial charge in [0.1, 0.15) is 0 Å². The average Bonchev–Trinajstić information content (AvgIpc) is 2.51. The van der Waals surface area contributed by atoms with Crippen LogP contribution in [0.4, 0.5) is 5.69 Å². The average molecular weight is 300 g/mol. The van der Waals surface area contributed by atoms with Crippen LogP contribution in [-0.4, -0.2) is 27.0 Å². The van der Waals surface area contributed by atoms with Crippen molar-refractivity contribution in [1.29, 1.82) is 0 Å². The minimum Gasteiger partial charge on any atom is -0.365 e. The highest BCUT2D eigenvalue weighted by Crippen LogP contribution is 2.31. The number of hydrogen-bond acceptors (Lipinski definition) is 4. The molecule has 5 heteroatoms. The Bertz CT molecular complexity index is 766. The fourth-order valence-corrected chi connectivity index (χ4v) is 3.99. The number of carbonyl (C=O) groups excluding carboxylic acids is 1. The molecule has 0 N–H and O–H groups in total. The maximum atomic E-state index is 12.1. The van der Waals surface area contributed by atoms with E-state index in [1.54, 1.807) is 24.3 Å². The molecule has 0 aromatic heterocycles. The summed E-state index contributed by atoms with van der Waals surface area (Å²) in [6.45, 7) is 1.09. The zero-order valence-corrected chi connectivity index (χ0v) is 12.1. The van der Waals surface area contributed by atoms with Gasteiger partial charge in [0.15, 0.2) is 9.84 Å². The van der Waals surface area contributed by atoms with Crippen LogP contribution in [0.5, 0.6) is 0 Å². The number of hydrogen-bond donors (Lipinski definition) is 0. The molecule has 2 aromatic carbocycles. The number of fused-ring (bicyclic) bond motifs is 1. The van der Waals surface area contributed by atoms with Gasteiger partial charge in [-0.15, -0.1) is 0 Å². The van der Waals surface area contributed by atoms with Crippen LogP contribution in [0.15, 0.2) is 53.4 Å². The van der Waals surface area contributed by atoms with E-state index in [-0.39, 0.29) is 5.75 Å². The molecule has 0 unspecified atom stereocenters. The molecule has 2 aromatic rings. The van der Waals surface area contributed by atoms with E-state index in [0.29, 0.717) is 23.5 Å². The Morgan fingerprint density at radius 1 is 1.05 bits per heavy atom. The van der Waals surface area contributed by atoms with Crippen LogP contribution in [0.2, 0.25) is 0 Å². The molecule has 0 saturated heterocycles. The molecule has 1 heterocycles. The molecular formula is C16H14NO3S. The van der Waals surface area contributed by atoms with Crippen LogP contribution in [0.25, 0.3) is 0 Å². The van der Waals surface area contributed by atoms with E-state index in [9.17, 15) is 13.2 Å². The summed E-state index contributed by atoms with van der Waals surface area (Å²) in [4.78, 5) is 13.0. The Morgan fingerprint density at radius 2 is 1.76 bits per heavy atom. The first kappa shape index (κ1) is 13.8. The molecule has 0 bridgehead atoms. The van der Waals surface area contributed by atoms with Crippen molar-refractivity contribution in [2.45, 2.75) is 11.4 Å². The summed E-state index contributed by atoms with van der Waals surface area (Å²) in [6.07, 6.45) is 1.84. The van der Waals surface area contributed by atoms with E-state index in [1.807, 2.05) is 30.6 Å². The SMILES string of the molecule is O=[C]c1ccc(CN2CCS(=O)(=O)c3ccccc32)cc1. The lowest BCUT2D eigenvalue weighted by molar-refractivity contribution is 0.562. The molecular weight excluding hydrogens is 286 g/mol. The smallest absolute Gasteiger partial charge is 0.233 e. The van der Waals surface area contributed by atoms with Crippen molar-refractivity contribution in [3.05, 3.63) is 59.7 Å². The molecule has 0 amide bonds. The molecule has 21 heavy (non-hydrogen) atoms. The van der Waals surface area contributed by atoms with E-state index < -0.39 is 9.84 Å². The normalized spacial score (nSPS) is 16.3. The van der Waals surface area contributed by atoms with E-state index in [4.69, 9.17) is 0 Å². The second-order valence-electron chi connectivity index (χ2n) is 5.01. The van der Waals surface area contributed by atoms with Gasteiger partial charge in [0.05, 0.1) is 16.3 Å². The van der Waals surface area contributed by atoms with Gasteiger partial charge < -0.3 is 4.90 Å². The highest BCUT2D eigenvalue weighted by Gasteiger charge is 2.27. The van der Waals surface area contributed by atoms with Crippen LogP contribution in [0.1, 0.15) is 11.1 Å². The van der Waals surface area contributed by atoms with Crippen molar-refractivity contribution in [3.8, 4) is 0 Å². The van der Waals surface area contributed by atoms with E-state index in [2.05, 4.69) is 4.90 Å². The Labute approximate surface area is 123 Å². The number of sulfone groups is 1. The molecule has 0 fully saturated rings. The summed E-state index contributed by atoms with van der Waals surface area (Å²) in [5, 5.41) is 0. The topological polar surface area (TPSA) is 54.5 Å². The van der Waals surface area contributed by atoms with Gasteiger partial charge in [0, 0.05) is 18.7 Å². The van der Waals surface area contributed by atoms with Gasteiger partial charge in [-0.3, -0.25) is 4.79 Å². The van der Waals surface area contributed by atoms with E-state index in [1.165, 1.54) is 0 Å². The third kappa shape index (κ3) is 2.69. The minimum atomic E-state index is -3.17. The zero-order chi connectivity index (χ0) is 14.9. The standard InChI is InChI=1S/C16H14NO3S/c18-12-14-7-5-13(6-8-14)11-17-9-10-21(19,20)16-4-2-1-3-15(16)17/h1-8H,9-11H2. The van der Waals surface area contributed by atoms with Crippen LogP contribution < -0.4 is 4.90 Å². The second kappa shape index (κ2) is 5.33. The van der Waals surface area contributed by atoms with Gasteiger partial charge in [0.2, 0.25) is 6.29 Å². The van der Waals surface area contributed by atoms with E-state index in [0.717, 1.165) is 11.3 Å². The van der Waals surface area contributed by atoms with Crippen molar-refractivity contribution >= 4 is 21.8 Å². The van der Waals surface area contributed by atoms with Crippen molar-refractivity contribution in [2.75, 3.05) is 17.2 Å². The summed E-state index contributed by atoms with van der Waals surface area (Å²) >= 11 is 0. The number of rotatable bonds is 3. The Hall–Kier alpha value is -2.14. The Kier molecular flexibility index (Phi) is 3.51. The number of anilines is 1. The maximum Gasteiger partial charge on any atom is 0.233 e. The predicted octanol–water partition coefficient (Wildman–Crippen LogP) is 1.94. The van der Waals surface area contributed by atoms with Gasteiger partial charge in [0.25, 0.3) is 0 Å². The molecule has 107 valence electrons. The first-order chi connectivity index (χ1) is 10.1. The Balaban J connectivity index is 1.91. The lowest BCUT2D eigenvalue weighted by atomic mass is 10.1. The summed E-state index contributed by atoms with van der Waals surface area (Å²) < 4.78 is 24.2. The summed E-state index contributed by atoms with van der Waals surface area (Å²) in [7, 11) is -3.17. The monoisotopic (exact) mass is 300 g/mol. The number of nitrogens with zero attached hydrogens (tertiary/aromatic N) is 1. The van der Waals surface area contributed by atoms with Crippen molar-refractivity contribution in [3.63, 3.8) is 0 Å². The number of para-hydroxylation sites is 1. The summed E-state index contributed by atoms with van der Waals surface area (Å²) in [5.74, 6) is 0.129. The van der Waals surface area contributed by atoms with E-state index >= 15 is 0 Å². The lowest BCUT2D eigenvalue weighted by Gasteiger charge is -2.31. The Morgan fingerprint density at radius 3 is 2.48 bits per heavy atom. The molecule has 1 aliphatic heterocycles. The molecule has 0 atom stereocenters. The third-order valence-electron chi connectivity index (χ3n) is 3.62. The van der Waals surface area contributed by atoms with Crippen molar-refractivity contribution < 1.29 is 13.2 Å². The first-order valence-corrected chi connectivity index (χ1v) is 8.29. The van der Waals surface area contributed by atoms with Crippen LogP contribution in [0.3, 0.4) is 0 Å². The van der Waals surface area contributed by atoms with Gasteiger partial charge in [-0.05, 0) is 17.7 Å². The summed E-state index contributed by atoms with van der Waals surface area (Å²) in [6, 6.07) is 14.2. The van der Waals surface area contributed by atoms with Gasteiger partial charge in [-0.25, -0.2) is 8.42 Å². The van der Waals surface area contributed by atoms with Crippen molar-refractivity contribution in [1.82, 2.24) is 0 Å². The van der Waals surface area contributed by atoms with Gasteiger partial charge in [-0.1, -0.05) is 36.4 Å². The first-order valence-electron chi connectivity index (χ1n) is 6.64. The molecule has 0 aliphatic carbocycles. The molecule has 0 saturated carbocycles. The molecule has 1 aliphatic rings. The molecule has 1 radical (unpaired) electrons. The predicted molar refractivity (Wildman–Crippen MR) is 80.8 cm³/mol. The quantitative estimate of drug-likeness (QED) is 0.869. The zero-order valence-electron chi connectivity index (χ0n) is 11.3. The lowest BCUT2D eigenvalue weighted by Crippen LogP contribution is -2.34. The fourth-order valence-electron chi connectivity index (χ4n) is 2.50. The van der Waals surface area contributed by atoms with Crippen LogP contribution in [-0.2, 0) is 21.2 Å². The maximum absolute atomic E-state index is 12.1. The minimum absolute atomic E-state index is 0.129. The van der Waals surface area contributed by atoms with Crippen LogP contribution >= 0.6 is 0 Å². The second-order valence-corrected chi connectivity index (χ2v) is 7.08. The van der Waals surface area contributed by atoms with Crippen molar-refractivity contribution in [2.24, 2.45) is 0 Å². The van der Waals surface area contributed by atoms with Crippen LogP contribution in [0, 0.1) is 0 Å². The largest absolute Gasteiger partial charge is 0.365 e. The summed E-state index contributed by atoms with van der Waals surface area (Å²) in [5.41, 5.74) is 2.29. The molecule has 4 nitrogen and oxygen atoms in total. The van der Waals surface area contributed by atoms with Gasteiger partial charge >= 0.3 is 0 Å². The van der Waals surface area contributed by atoms with Gasteiger partial charge in [-0.2, -0.15) is 0 Å². The molecule has 0 spiro atoms. The molecule has 3 rings (SSSR count).